The maximum atomic E-state index is 12.4. The highest BCUT2D eigenvalue weighted by Crippen LogP contribution is 2.25. The molecule has 0 unspecified atom stereocenters. The third-order valence-electron chi connectivity index (χ3n) is 4.52. The van der Waals surface area contributed by atoms with E-state index in [1.807, 2.05) is 54.6 Å². The van der Waals surface area contributed by atoms with Crippen LogP contribution in [-0.2, 0) is 20.9 Å². The number of cyclic esters (lactones) is 1. The van der Waals surface area contributed by atoms with Crippen molar-refractivity contribution in [3.8, 4) is 5.75 Å². The standard InChI is InChI=1S/C25H20N2O4/c1-17(28)26-21-13-11-19(12-14-21)24-27-22(25(29)31-24)15-20-9-5-6-10-23(20)30-16-18-7-3-2-4-8-18/h2-15H,16H2,1H3,(H,26,28). The highest BCUT2D eigenvalue weighted by atomic mass is 16.6. The minimum Gasteiger partial charge on any atom is -0.488 e. The molecule has 3 aromatic rings. The summed E-state index contributed by atoms with van der Waals surface area (Å²) in [6.07, 6.45) is 1.65. The van der Waals surface area contributed by atoms with E-state index >= 15 is 0 Å². The number of para-hydroxylation sites is 1. The van der Waals surface area contributed by atoms with Crippen LogP contribution in [0, 0.1) is 0 Å². The minimum atomic E-state index is -0.529. The van der Waals surface area contributed by atoms with Crippen LogP contribution in [0.25, 0.3) is 6.08 Å². The highest BCUT2D eigenvalue weighted by molar-refractivity contribution is 6.13. The Bertz CT molecular complexity index is 1170. The van der Waals surface area contributed by atoms with E-state index in [1.165, 1.54) is 6.92 Å². The molecule has 1 heterocycles. The lowest BCUT2D eigenvalue weighted by Crippen LogP contribution is -2.07. The molecule has 0 spiro atoms. The molecule has 1 aliphatic heterocycles. The summed E-state index contributed by atoms with van der Waals surface area (Å²) in [6.45, 7) is 1.86. The number of carbonyl (C=O) groups excluding carboxylic acids is 2. The third kappa shape index (κ3) is 5.05. The number of rotatable bonds is 6. The average molecular weight is 412 g/mol. The predicted octanol–water partition coefficient (Wildman–Crippen LogP) is 4.57. The van der Waals surface area contributed by atoms with E-state index < -0.39 is 5.97 Å². The number of hydrogen-bond donors (Lipinski definition) is 1. The topological polar surface area (TPSA) is 77.0 Å². The van der Waals surface area contributed by atoms with Gasteiger partial charge in [0.15, 0.2) is 5.70 Å². The maximum Gasteiger partial charge on any atom is 0.363 e. The van der Waals surface area contributed by atoms with Crippen molar-refractivity contribution in [2.24, 2.45) is 4.99 Å². The fourth-order valence-corrected chi connectivity index (χ4v) is 3.05. The molecule has 6 nitrogen and oxygen atoms in total. The van der Waals surface area contributed by atoms with Gasteiger partial charge in [-0.05, 0) is 42.0 Å². The number of nitrogens with one attached hydrogen (secondary N) is 1. The number of nitrogens with zero attached hydrogens (tertiary/aromatic N) is 1. The Morgan fingerprint density at radius 3 is 2.45 bits per heavy atom. The van der Waals surface area contributed by atoms with Crippen LogP contribution in [0.4, 0.5) is 5.69 Å². The van der Waals surface area contributed by atoms with Gasteiger partial charge in [-0.25, -0.2) is 9.79 Å². The Kier molecular flexibility index (Phi) is 5.89. The van der Waals surface area contributed by atoms with Crippen LogP contribution < -0.4 is 10.1 Å². The van der Waals surface area contributed by atoms with Crippen LogP contribution in [-0.4, -0.2) is 17.8 Å². The zero-order chi connectivity index (χ0) is 21.6. The predicted molar refractivity (Wildman–Crippen MR) is 119 cm³/mol. The monoisotopic (exact) mass is 412 g/mol. The van der Waals surface area contributed by atoms with Crippen molar-refractivity contribution in [3.63, 3.8) is 0 Å². The molecule has 1 N–H and O–H groups in total. The van der Waals surface area contributed by atoms with Crippen molar-refractivity contribution in [1.29, 1.82) is 0 Å². The Hall–Kier alpha value is -4.19. The van der Waals surface area contributed by atoms with Gasteiger partial charge in [0.05, 0.1) is 0 Å². The Balaban J connectivity index is 1.54. The van der Waals surface area contributed by atoms with E-state index in [9.17, 15) is 9.59 Å². The van der Waals surface area contributed by atoms with Gasteiger partial charge in [0.2, 0.25) is 11.8 Å². The molecular weight excluding hydrogens is 392 g/mol. The Labute approximate surface area is 179 Å². The normalized spacial score (nSPS) is 14.2. The van der Waals surface area contributed by atoms with E-state index in [2.05, 4.69) is 10.3 Å². The molecule has 0 saturated carbocycles. The number of ether oxygens (including phenoxy) is 2. The van der Waals surface area contributed by atoms with Crippen molar-refractivity contribution in [3.05, 3.63) is 101 Å². The largest absolute Gasteiger partial charge is 0.488 e. The van der Waals surface area contributed by atoms with Gasteiger partial charge in [-0.2, -0.15) is 0 Å². The van der Waals surface area contributed by atoms with Gasteiger partial charge in [-0.1, -0.05) is 48.5 Å². The van der Waals surface area contributed by atoms with Crippen LogP contribution >= 0.6 is 0 Å². The van der Waals surface area contributed by atoms with Crippen LogP contribution in [0.15, 0.2) is 89.6 Å². The van der Waals surface area contributed by atoms with Crippen molar-refractivity contribution < 1.29 is 19.1 Å². The summed E-state index contributed by atoms with van der Waals surface area (Å²) in [4.78, 5) is 27.9. The van der Waals surface area contributed by atoms with Crippen molar-refractivity contribution in [2.75, 3.05) is 5.32 Å². The molecule has 0 fully saturated rings. The maximum absolute atomic E-state index is 12.4. The second-order valence-corrected chi connectivity index (χ2v) is 6.91. The van der Waals surface area contributed by atoms with Crippen molar-refractivity contribution in [1.82, 2.24) is 0 Å². The van der Waals surface area contributed by atoms with Crippen LogP contribution in [0.3, 0.4) is 0 Å². The van der Waals surface area contributed by atoms with Crippen LogP contribution in [0.2, 0.25) is 0 Å². The van der Waals surface area contributed by atoms with Gasteiger partial charge >= 0.3 is 5.97 Å². The molecule has 0 aliphatic carbocycles. The summed E-state index contributed by atoms with van der Waals surface area (Å²) in [5, 5.41) is 2.69. The highest BCUT2D eigenvalue weighted by Gasteiger charge is 2.24. The summed E-state index contributed by atoms with van der Waals surface area (Å²) in [5.74, 6) is 0.179. The molecule has 4 rings (SSSR count). The SMILES string of the molecule is CC(=O)Nc1ccc(C2=NC(=Cc3ccccc3OCc3ccccc3)C(=O)O2)cc1. The summed E-state index contributed by atoms with van der Waals surface area (Å²) in [5.41, 5.74) is 3.27. The number of esters is 1. The minimum absolute atomic E-state index is 0.157. The van der Waals surface area contributed by atoms with Gasteiger partial charge in [-0.3, -0.25) is 4.79 Å². The third-order valence-corrected chi connectivity index (χ3v) is 4.52. The lowest BCUT2D eigenvalue weighted by Gasteiger charge is -2.09. The first-order valence-electron chi connectivity index (χ1n) is 9.75. The molecule has 31 heavy (non-hydrogen) atoms. The molecule has 6 heteroatoms. The molecule has 3 aromatic carbocycles. The second-order valence-electron chi connectivity index (χ2n) is 6.91. The second kappa shape index (κ2) is 9.09. The summed E-state index contributed by atoms with van der Waals surface area (Å²) < 4.78 is 11.3. The number of anilines is 1. The fraction of sp³-hybridized carbons (Fsp3) is 0.0800. The van der Waals surface area contributed by atoms with Crippen molar-refractivity contribution in [2.45, 2.75) is 13.5 Å². The number of carbonyl (C=O) groups is 2. The molecule has 0 aromatic heterocycles. The summed E-state index contributed by atoms with van der Waals surface area (Å²) >= 11 is 0. The number of amides is 1. The number of benzene rings is 3. The summed E-state index contributed by atoms with van der Waals surface area (Å²) in [6, 6.07) is 24.2. The van der Waals surface area contributed by atoms with Crippen LogP contribution in [0.5, 0.6) is 5.75 Å². The van der Waals surface area contributed by atoms with Gasteiger partial charge in [0.25, 0.3) is 0 Å². The van der Waals surface area contributed by atoms with E-state index in [0.29, 0.717) is 23.6 Å². The number of hydrogen-bond acceptors (Lipinski definition) is 5. The number of aliphatic imine (C=N–C) groups is 1. The fourth-order valence-electron chi connectivity index (χ4n) is 3.05. The smallest absolute Gasteiger partial charge is 0.363 e. The first kappa shape index (κ1) is 20.1. The van der Waals surface area contributed by atoms with E-state index in [1.54, 1.807) is 30.3 Å². The van der Waals surface area contributed by atoms with E-state index in [0.717, 1.165) is 11.1 Å². The molecular formula is C25H20N2O4. The van der Waals surface area contributed by atoms with E-state index in [4.69, 9.17) is 9.47 Å². The molecule has 154 valence electrons. The van der Waals surface area contributed by atoms with Crippen LogP contribution in [0.1, 0.15) is 23.6 Å². The first-order valence-corrected chi connectivity index (χ1v) is 9.75. The molecule has 0 atom stereocenters. The Morgan fingerprint density at radius 1 is 1.00 bits per heavy atom. The summed E-state index contributed by atoms with van der Waals surface area (Å²) in [7, 11) is 0. The average Bonchev–Trinajstić information content (AvgIpc) is 3.14. The Morgan fingerprint density at radius 2 is 1.71 bits per heavy atom. The van der Waals surface area contributed by atoms with Gasteiger partial charge in [0, 0.05) is 23.7 Å². The van der Waals surface area contributed by atoms with E-state index in [-0.39, 0.29) is 17.5 Å². The lowest BCUT2D eigenvalue weighted by molar-refractivity contribution is -0.129. The van der Waals surface area contributed by atoms with Crippen molar-refractivity contribution >= 4 is 29.5 Å². The van der Waals surface area contributed by atoms with Gasteiger partial charge in [0.1, 0.15) is 12.4 Å². The first-order chi connectivity index (χ1) is 15.1. The lowest BCUT2D eigenvalue weighted by atomic mass is 10.1. The van der Waals surface area contributed by atoms with Gasteiger partial charge in [-0.15, -0.1) is 0 Å². The zero-order valence-corrected chi connectivity index (χ0v) is 16.9. The molecule has 0 bridgehead atoms. The van der Waals surface area contributed by atoms with Gasteiger partial charge < -0.3 is 14.8 Å². The quantitative estimate of drug-likeness (QED) is 0.475. The molecule has 1 amide bonds. The molecule has 1 aliphatic rings. The molecule has 0 radical (unpaired) electrons. The molecule has 0 saturated heterocycles. The zero-order valence-electron chi connectivity index (χ0n) is 16.9.